The van der Waals surface area contributed by atoms with Gasteiger partial charge in [-0.1, -0.05) is 13.3 Å². The van der Waals surface area contributed by atoms with Gasteiger partial charge in [-0.2, -0.15) is 0 Å². The zero-order valence-corrected chi connectivity index (χ0v) is 11.8. The van der Waals surface area contributed by atoms with Crippen molar-refractivity contribution in [2.24, 2.45) is 0 Å². The van der Waals surface area contributed by atoms with Crippen molar-refractivity contribution in [1.29, 1.82) is 0 Å². The first-order chi connectivity index (χ1) is 9.22. The highest BCUT2D eigenvalue weighted by Gasteiger charge is 2.10. The van der Waals surface area contributed by atoms with E-state index in [1.54, 1.807) is 6.92 Å². The number of anilines is 2. The molecule has 1 aromatic heterocycles. The minimum absolute atomic E-state index is 0.199. The Balaban J connectivity index is 2.64. The molecule has 0 fully saturated rings. The number of nitrogens with one attached hydrogen (secondary N) is 2. The maximum atomic E-state index is 11.3. The van der Waals surface area contributed by atoms with Crippen molar-refractivity contribution in [3.05, 3.63) is 11.9 Å². The van der Waals surface area contributed by atoms with E-state index in [4.69, 9.17) is 4.74 Å². The number of ether oxygens (including phenoxy) is 1. The lowest BCUT2D eigenvalue weighted by Gasteiger charge is -2.13. The molecule has 6 heteroatoms. The smallest absolute Gasteiger partial charge is 0.307 e. The quantitative estimate of drug-likeness (QED) is 0.699. The van der Waals surface area contributed by atoms with Crippen LogP contribution < -0.4 is 10.6 Å². The van der Waals surface area contributed by atoms with Gasteiger partial charge in [-0.25, -0.2) is 9.97 Å². The van der Waals surface area contributed by atoms with Crippen LogP contribution in [0.2, 0.25) is 0 Å². The van der Waals surface area contributed by atoms with Gasteiger partial charge in [0.05, 0.1) is 13.0 Å². The molecule has 106 valence electrons. The van der Waals surface area contributed by atoms with Gasteiger partial charge in [0, 0.05) is 19.2 Å². The zero-order chi connectivity index (χ0) is 14.1. The monoisotopic (exact) mass is 266 g/mol. The van der Waals surface area contributed by atoms with Crippen LogP contribution in [-0.4, -0.2) is 36.1 Å². The van der Waals surface area contributed by atoms with E-state index in [-0.39, 0.29) is 5.97 Å². The summed E-state index contributed by atoms with van der Waals surface area (Å²) in [6.45, 7) is 4.83. The van der Waals surface area contributed by atoms with Crippen LogP contribution in [0, 0.1) is 0 Å². The summed E-state index contributed by atoms with van der Waals surface area (Å²) >= 11 is 0. The number of carbonyl (C=O) groups is 1. The van der Waals surface area contributed by atoms with E-state index in [1.165, 1.54) is 6.33 Å². The summed E-state index contributed by atoms with van der Waals surface area (Å²) in [6.07, 6.45) is 3.74. The van der Waals surface area contributed by atoms with Crippen molar-refractivity contribution in [1.82, 2.24) is 9.97 Å². The van der Waals surface area contributed by atoms with E-state index in [2.05, 4.69) is 27.5 Å². The number of carbonyl (C=O) groups excluding carboxylic acids is 1. The van der Waals surface area contributed by atoms with E-state index < -0.39 is 0 Å². The molecule has 0 aromatic carbocycles. The average Bonchev–Trinajstić information content (AvgIpc) is 2.41. The summed E-state index contributed by atoms with van der Waals surface area (Å²) in [6, 6.07) is 0. The molecule has 6 nitrogen and oxygen atoms in total. The van der Waals surface area contributed by atoms with Crippen LogP contribution in [-0.2, 0) is 16.0 Å². The van der Waals surface area contributed by atoms with Crippen molar-refractivity contribution >= 4 is 17.6 Å². The van der Waals surface area contributed by atoms with Gasteiger partial charge in [0.15, 0.2) is 0 Å². The Bertz CT molecular complexity index is 410. The molecule has 0 bridgehead atoms. The Kier molecular flexibility index (Phi) is 6.63. The number of hydrogen-bond acceptors (Lipinski definition) is 6. The van der Waals surface area contributed by atoms with Crippen molar-refractivity contribution in [2.45, 2.75) is 33.1 Å². The Morgan fingerprint density at radius 3 is 2.68 bits per heavy atom. The minimum Gasteiger partial charge on any atom is -0.466 e. The molecule has 0 amide bonds. The highest BCUT2D eigenvalue weighted by Crippen LogP contribution is 2.21. The molecule has 0 aliphatic carbocycles. The molecule has 19 heavy (non-hydrogen) atoms. The van der Waals surface area contributed by atoms with Crippen LogP contribution in [0.4, 0.5) is 11.6 Å². The molecule has 0 aliphatic heterocycles. The Hall–Kier alpha value is -1.85. The zero-order valence-electron chi connectivity index (χ0n) is 11.8. The summed E-state index contributed by atoms with van der Waals surface area (Å²) in [5, 5.41) is 6.23. The largest absolute Gasteiger partial charge is 0.466 e. The third-order valence-corrected chi connectivity index (χ3v) is 2.61. The lowest BCUT2D eigenvalue weighted by Crippen LogP contribution is -2.14. The SMILES string of the molecule is CCCc1c(NC)ncnc1NCCC(=O)OCC. The molecule has 0 saturated heterocycles. The van der Waals surface area contributed by atoms with Gasteiger partial charge in [-0.05, 0) is 13.3 Å². The standard InChI is InChI=1S/C13H22N4O2/c1-4-6-10-12(14-3)16-9-17-13(10)15-8-7-11(18)19-5-2/h9H,4-8H2,1-3H3,(H2,14,15,16,17). The first-order valence-corrected chi connectivity index (χ1v) is 6.64. The number of hydrogen-bond donors (Lipinski definition) is 2. The minimum atomic E-state index is -0.199. The van der Waals surface area contributed by atoms with E-state index in [0.717, 1.165) is 30.0 Å². The van der Waals surface area contributed by atoms with Crippen LogP contribution >= 0.6 is 0 Å². The first-order valence-electron chi connectivity index (χ1n) is 6.64. The fraction of sp³-hybridized carbons (Fsp3) is 0.615. The highest BCUT2D eigenvalue weighted by molar-refractivity contribution is 5.70. The van der Waals surface area contributed by atoms with Gasteiger partial charge < -0.3 is 15.4 Å². The lowest BCUT2D eigenvalue weighted by atomic mass is 10.1. The Morgan fingerprint density at radius 1 is 1.32 bits per heavy atom. The van der Waals surface area contributed by atoms with Crippen LogP contribution in [0.1, 0.15) is 32.3 Å². The summed E-state index contributed by atoms with van der Waals surface area (Å²) in [4.78, 5) is 19.7. The van der Waals surface area contributed by atoms with E-state index in [9.17, 15) is 4.79 Å². The molecule has 1 aromatic rings. The van der Waals surface area contributed by atoms with Crippen LogP contribution in [0.3, 0.4) is 0 Å². The lowest BCUT2D eigenvalue weighted by molar-refractivity contribution is -0.142. The predicted octanol–water partition coefficient (Wildman–Crippen LogP) is 1.84. The van der Waals surface area contributed by atoms with Crippen LogP contribution in [0.5, 0.6) is 0 Å². The van der Waals surface area contributed by atoms with E-state index >= 15 is 0 Å². The first kappa shape index (κ1) is 15.2. The normalized spacial score (nSPS) is 10.1. The van der Waals surface area contributed by atoms with E-state index in [0.29, 0.717) is 19.6 Å². The third kappa shape index (κ3) is 4.73. The number of rotatable bonds is 8. The predicted molar refractivity (Wildman–Crippen MR) is 75.3 cm³/mol. The van der Waals surface area contributed by atoms with E-state index in [1.807, 2.05) is 7.05 Å². The molecular formula is C13H22N4O2. The molecule has 2 N–H and O–H groups in total. The van der Waals surface area contributed by atoms with Crippen LogP contribution in [0.15, 0.2) is 6.33 Å². The van der Waals surface area contributed by atoms with Crippen molar-refractivity contribution in [3.8, 4) is 0 Å². The molecule has 0 atom stereocenters. The van der Waals surface area contributed by atoms with Crippen molar-refractivity contribution in [2.75, 3.05) is 30.8 Å². The summed E-state index contributed by atoms with van der Waals surface area (Å²) in [5.74, 6) is 1.41. The van der Waals surface area contributed by atoms with Crippen LogP contribution in [0.25, 0.3) is 0 Å². The molecule has 0 spiro atoms. The maximum Gasteiger partial charge on any atom is 0.307 e. The second-order valence-electron chi connectivity index (χ2n) is 4.03. The molecule has 0 aliphatic rings. The summed E-state index contributed by atoms with van der Waals surface area (Å²) < 4.78 is 4.88. The van der Waals surface area contributed by atoms with Crippen molar-refractivity contribution < 1.29 is 9.53 Å². The highest BCUT2D eigenvalue weighted by atomic mass is 16.5. The van der Waals surface area contributed by atoms with Gasteiger partial charge in [-0.3, -0.25) is 4.79 Å². The molecule has 0 unspecified atom stereocenters. The third-order valence-electron chi connectivity index (χ3n) is 2.61. The van der Waals surface area contributed by atoms with Crippen molar-refractivity contribution in [3.63, 3.8) is 0 Å². The summed E-state index contributed by atoms with van der Waals surface area (Å²) in [7, 11) is 1.84. The molecular weight excluding hydrogens is 244 g/mol. The fourth-order valence-corrected chi connectivity index (χ4v) is 1.78. The molecule has 1 rings (SSSR count). The number of nitrogens with zero attached hydrogens (tertiary/aromatic N) is 2. The fourth-order valence-electron chi connectivity index (χ4n) is 1.78. The molecule has 0 saturated carbocycles. The topological polar surface area (TPSA) is 76.1 Å². The van der Waals surface area contributed by atoms with Gasteiger partial charge >= 0.3 is 5.97 Å². The van der Waals surface area contributed by atoms with Gasteiger partial charge in [0.25, 0.3) is 0 Å². The second kappa shape index (κ2) is 8.29. The molecule has 1 heterocycles. The maximum absolute atomic E-state index is 11.3. The van der Waals surface area contributed by atoms with Gasteiger partial charge in [0.2, 0.25) is 0 Å². The Morgan fingerprint density at radius 2 is 2.05 bits per heavy atom. The van der Waals surface area contributed by atoms with Gasteiger partial charge in [0.1, 0.15) is 18.0 Å². The average molecular weight is 266 g/mol. The number of aromatic nitrogens is 2. The second-order valence-corrected chi connectivity index (χ2v) is 4.03. The number of esters is 1. The van der Waals surface area contributed by atoms with Gasteiger partial charge in [-0.15, -0.1) is 0 Å². The Labute approximate surface area is 114 Å². The summed E-state index contributed by atoms with van der Waals surface area (Å²) in [5.41, 5.74) is 1.05. The molecule has 0 radical (unpaired) electrons.